The Kier molecular flexibility index (Phi) is 4.45. The number of hydrazone groups is 1. The van der Waals surface area contributed by atoms with Crippen LogP contribution in [0.15, 0.2) is 68.4 Å². The van der Waals surface area contributed by atoms with E-state index in [0.29, 0.717) is 15.8 Å². The van der Waals surface area contributed by atoms with Crippen molar-refractivity contribution in [1.29, 1.82) is 0 Å². The molecule has 2 aromatic heterocycles. The van der Waals surface area contributed by atoms with Crippen LogP contribution in [0.2, 0.25) is 0 Å². The van der Waals surface area contributed by atoms with Crippen LogP contribution in [0.25, 0.3) is 5.69 Å². The molecule has 0 aliphatic rings. The van der Waals surface area contributed by atoms with Crippen molar-refractivity contribution >= 4 is 39.2 Å². The fourth-order valence-electron chi connectivity index (χ4n) is 1.79. The first-order chi connectivity index (χ1) is 10.8. The fraction of sp³-hybridized carbons (Fsp3) is 0. The highest BCUT2D eigenvalue weighted by Crippen LogP contribution is 2.17. The van der Waals surface area contributed by atoms with Gasteiger partial charge in [0, 0.05) is 4.88 Å². The fourth-order valence-corrected chi connectivity index (χ4v) is 2.74. The summed E-state index contributed by atoms with van der Waals surface area (Å²) in [6.45, 7) is 0. The summed E-state index contributed by atoms with van der Waals surface area (Å²) in [7, 11) is 0. The molecule has 0 saturated heterocycles. The molecule has 0 spiro atoms. The second-order valence-corrected chi connectivity index (χ2v) is 6.08. The van der Waals surface area contributed by atoms with Crippen LogP contribution < -0.4 is 11.0 Å². The maximum atomic E-state index is 12.3. The number of hydrogen-bond acceptors (Lipinski definition) is 5. The average molecular weight is 375 g/mol. The zero-order valence-corrected chi connectivity index (χ0v) is 13.7. The summed E-state index contributed by atoms with van der Waals surface area (Å²) >= 11 is 4.88. The molecule has 0 amide bonds. The lowest BCUT2D eigenvalue weighted by Crippen LogP contribution is -2.22. The van der Waals surface area contributed by atoms with Crippen molar-refractivity contribution in [3.63, 3.8) is 0 Å². The lowest BCUT2D eigenvalue weighted by atomic mass is 10.3. The van der Waals surface area contributed by atoms with Gasteiger partial charge in [0.2, 0.25) is 0 Å². The molecule has 0 aliphatic carbocycles. The van der Waals surface area contributed by atoms with E-state index in [1.165, 1.54) is 4.68 Å². The summed E-state index contributed by atoms with van der Waals surface area (Å²) in [5.74, 6) is 0. The molecular formula is C15H11BrN4OS. The lowest BCUT2D eigenvalue weighted by molar-refractivity contribution is 0.801. The highest BCUT2D eigenvalue weighted by atomic mass is 79.9. The number of nitrogens with one attached hydrogen (secondary N) is 1. The standard InChI is InChI=1S/C15H11BrN4OS/c16-14-13(19-17-9-12-7-4-8-22-12)10-18-20(15(14)21)11-5-2-1-3-6-11/h1-10,19H. The van der Waals surface area contributed by atoms with Gasteiger partial charge in [0.25, 0.3) is 5.56 Å². The van der Waals surface area contributed by atoms with Crippen LogP contribution in [-0.4, -0.2) is 16.0 Å². The smallest absolute Gasteiger partial charge is 0.275 e. The van der Waals surface area contributed by atoms with E-state index >= 15 is 0 Å². The molecule has 2 heterocycles. The van der Waals surface area contributed by atoms with Crippen molar-refractivity contribution in [3.05, 3.63) is 73.7 Å². The maximum Gasteiger partial charge on any atom is 0.287 e. The summed E-state index contributed by atoms with van der Waals surface area (Å²) < 4.78 is 1.72. The first-order valence-corrected chi connectivity index (χ1v) is 8.09. The van der Waals surface area contributed by atoms with Gasteiger partial charge in [-0.15, -0.1) is 11.3 Å². The Balaban J connectivity index is 1.86. The molecule has 0 fully saturated rings. The van der Waals surface area contributed by atoms with Gasteiger partial charge >= 0.3 is 0 Å². The molecule has 0 unspecified atom stereocenters. The summed E-state index contributed by atoms with van der Waals surface area (Å²) in [5.41, 5.74) is 3.81. The third-order valence-electron chi connectivity index (χ3n) is 2.84. The van der Waals surface area contributed by atoms with Gasteiger partial charge in [-0.1, -0.05) is 24.3 Å². The second-order valence-electron chi connectivity index (χ2n) is 4.31. The molecule has 22 heavy (non-hydrogen) atoms. The third kappa shape index (κ3) is 3.15. The van der Waals surface area contributed by atoms with Gasteiger partial charge in [0.1, 0.15) is 4.47 Å². The number of benzene rings is 1. The van der Waals surface area contributed by atoms with Gasteiger partial charge in [-0.3, -0.25) is 10.2 Å². The summed E-state index contributed by atoms with van der Waals surface area (Å²) in [5, 5.41) is 10.2. The quantitative estimate of drug-likeness (QED) is 0.561. The van der Waals surface area contributed by atoms with Gasteiger partial charge in [-0.25, -0.2) is 0 Å². The Labute approximate surface area is 139 Å². The summed E-state index contributed by atoms with van der Waals surface area (Å²) in [4.78, 5) is 13.4. The topological polar surface area (TPSA) is 59.3 Å². The highest BCUT2D eigenvalue weighted by Gasteiger charge is 2.09. The number of nitrogens with zero attached hydrogens (tertiary/aromatic N) is 3. The Hall–Kier alpha value is -2.25. The number of rotatable bonds is 4. The van der Waals surface area contributed by atoms with Crippen LogP contribution in [0.4, 0.5) is 5.69 Å². The van der Waals surface area contributed by atoms with Gasteiger partial charge in [-0.05, 0) is 39.5 Å². The molecular weight excluding hydrogens is 364 g/mol. The lowest BCUT2D eigenvalue weighted by Gasteiger charge is -2.07. The molecule has 0 aliphatic heterocycles. The van der Waals surface area contributed by atoms with E-state index in [2.05, 4.69) is 31.6 Å². The molecule has 0 atom stereocenters. The second kappa shape index (κ2) is 6.67. The van der Waals surface area contributed by atoms with Gasteiger partial charge in [0.15, 0.2) is 0 Å². The van der Waals surface area contributed by atoms with E-state index < -0.39 is 0 Å². The minimum absolute atomic E-state index is 0.248. The molecule has 1 N–H and O–H groups in total. The number of para-hydroxylation sites is 1. The predicted molar refractivity (Wildman–Crippen MR) is 93.1 cm³/mol. The Morgan fingerprint density at radius 1 is 1.23 bits per heavy atom. The van der Waals surface area contributed by atoms with Crippen LogP contribution in [-0.2, 0) is 0 Å². The molecule has 3 rings (SSSR count). The van der Waals surface area contributed by atoms with Gasteiger partial charge in [0.05, 0.1) is 23.8 Å². The van der Waals surface area contributed by atoms with Crippen LogP contribution in [0.3, 0.4) is 0 Å². The number of halogens is 1. The molecule has 7 heteroatoms. The van der Waals surface area contributed by atoms with E-state index in [1.807, 2.05) is 47.8 Å². The number of thiophene rings is 1. The maximum absolute atomic E-state index is 12.3. The van der Waals surface area contributed by atoms with E-state index in [4.69, 9.17) is 0 Å². The van der Waals surface area contributed by atoms with E-state index in [-0.39, 0.29) is 5.56 Å². The minimum atomic E-state index is -0.248. The third-order valence-corrected chi connectivity index (χ3v) is 4.41. The zero-order valence-electron chi connectivity index (χ0n) is 11.3. The Morgan fingerprint density at radius 3 is 2.77 bits per heavy atom. The van der Waals surface area contributed by atoms with E-state index in [0.717, 1.165) is 4.88 Å². The van der Waals surface area contributed by atoms with Crippen LogP contribution >= 0.6 is 27.3 Å². The first-order valence-electron chi connectivity index (χ1n) is 6.41. The molecule has 1 aromatic carbocycles. The van der Waals surface area contributed by atoms with E-state index in [1.54, 1.807) is 23.7 Å². The van der Waals surface area contributed by atoms with Crippen molar-refractivity contribution in [3.8, 4) is 5.69 Å². The van der Waals surface area contributed by atoms with Crippen LogP contribution in [0.5, 0.6) is 0 Å². The van der Waals surface area contributed by atoms with Crippen molar-refractivity contribution in [1.82, 2.24) is 9.78 Å². The molecule has 5 nitrogen and oxygen atoms in total. The van der Waals surface area contributed by atoms with E-state index in [9.17, 15) is 4.79 Å². The van der Waals surface area contributed by atoms with Crippen LogP contribution in [0.1, 0.15) is 4.88 Å². The number of hydrogen-bond donors (Lipinski definition) is 1. The van der Waals surface area contributed by atoms with Gasteiger partial charge in [-0.2, -0.15) is 14.9 Å². The first kappa shape index (κ1) is 14.7. The molecule has 0 saturated carbocycles. The molecule has 3 aromatic rings. The molecule has 0 radical (unpaired) electrons. The highest BCUT2D eigenvalue weighted by molar-refractivity contribution is 9.10. The predicted octanol–water partition coefficient (Wildman–Crippen LogP) is 3.50. The summed E-state index contributed by atoms with van der Waals surface area (Å²) in [6, 6.07) is 13.1. The summed E-state index contributed by atoms with van der Waals surface area (Å²) in [6.07, 6.45) is 3.25. The van der Waals surface area contributed by atoms with Crippen LogP contribution in [0, 0.1) is 0 Å². The minimum Gasteiger partial charge on any atom is -0.275 e. The monoisotopic (exact) mass is 374 g/mol. The molecule has 110 valence electrons. The van der Waals surface area contributed by atoms with Crippen molar-refractivity contribution < 1.29 is 0 Å². The Bertz CT molecular complexity index is 844. The SMILES string of the molecule is O=c1c(Br)c(NN=Cc2cccs2)cnn1-c1ccccc1. The van der Waals surface area contributed by atoms with Crippen molar-refractivity contribution in [2.45, 2.75) is 0 Å². The van der Waals surface area contributed by atoms with Gasteiger partial charge < -0.3 is 0 Å². The Morgan fingerprint density at radius 2 is 2.05 bits per heavy atom. The zero-order chi connectivity index (χ0) is 15.4. The largest absolute Gasteiger partial charge is 0.287 e. The normalized spacial score (nSPS) is 11.0. The average Bonchev–Trinajstić information content (AvgIpc) is 3.06. The van der Waals surface area contributed by atoms with Crippen molar-refractivity contribution in [2.24, 2.45) is 5.10 Å². The van der Waals surface area contributed by atoms with Crippen molar-refractivity contribution in [2.75, 3.05) is 5.43 Å². The number of aromatic nitrogens is 2. The molecule has 0 bridgehead atoms. The number of anilines is 1.